The third-order valence-electron chi connectivity index (χ3n) is 5.96. The minimum absolute atomic E-state index is 0. The van der Waals surface area contributed by atoms with Crippen molar-refractivity contribution in [1.82, 2.24) is 0 Å². The molecular formula is C27H54KO2. The van der Waals surface area contributed by atoms with Gasteiger partial charge in [-0.15, -0.1) is 0 Å². The van der Waals surface area contributed by atoms with E-state index < -0.39 is 0 Å². The topological polar surface area (TPSA) is 26.3 Å². The summed E-state index contributed by atoms with van der Waals surface area (Å²) in [6, 6.07) is 0. The molecule has 1 atom stereocenters. The molecule has 0 aromatic carbocycles. The number of ether oxygens (including phenoxy) is 1. The fourth-order valence-corrected chi connectivity index (χ4v) is 4.10. The average molecular weight is 450 g/mol. The number of hydrogen-bond acceptors (Lipinski definition) is 2. The number of rotatable bonds is 23. The van der Waals surface area contributed by atoms with Crippen LogP contribution in [0.2, 0.25) is 0 Å². The zero-order valence-corrected chi connectivity index (χ0v) is 20.2. The monoisotopic (exact) mass is 449 g/mol. The molecule has 0 spiro atoms. The molecule has 0 bridgehead atoms. The second-order valence-corrected chi connectivity index (χ2v) is 9.09. The summed E-state index contributed by atoms with van der Waals surface area (Å²) in [7, 11) is 0. The second kappa shape index (κ2) is 28.1. The van der Waals surface area contributed by atoms with Crippen LogP contribution >= 0.6 is 0 Å². The summed E-state index contributed by atoms with van der Waals surface area (Å²) >= 11 is 0. The first-order chi connectivity index (χ1) is 14.2. The second-order valence-electron chi connectivity index (χ2n) is 9.09. The van der Waals surface area contributed by atoms with Gasteiger partial charge in [-0.05, 0) is 19.8 Å². The zero-order valence-electron chi connectivity index (χ0n) is 20.2. The van der Waals surface area contributed by atoms with Crippen molar-refractivity contribution in [3.8, 4) is 0 Å². The van der Waals surface area contributed by atoms with E-state index in [0.29, 0.717) is 0 Å². The van der Waals surface area contributed by atoms with Crippen molar-refractivity contribution >= 4 is 57.4 Å². The molecule has 30 heavy (non-hydrogen) atoms. The number of carbonyl (C=O) groups is 1. The van der Waals surface area contributed by atoms with Gasteiger partial charge in [0.2, 0.25) is 0 Å². The van der Waals surface area contributed by atoms with Gasteiger partial charge in [-0.25, -0.2) is 0 Å². The Morgan fingerprint density at radius 1 is 0.600 bits per heavy atom. The van der Waals surface area contributed by atoms with Gasteiger partial charge in [0.1, 0.15) is 6.10 Å². The summed E-state index contributed by atoms with van der Waals surface area (Å²) in [5, 5.41) is 0. The maximum atomic E-state index is 10.8. The Morgan fingerprint density at radius 2 is 0.867 bits per heavy atom. The predicted octanol–water partition coefficient (Wildman–Crippen LogP) is 8.71. The van der Waals surface area contributed by atoms with E-state index in [1.165, 1.54) is 135 Å². The van der Waals surface area contributed by atoms with E-state index in [1.807, 2.05) is 0 Å². The Labute approximate surface area is 232 Å². The molecule has 0 fully saturated rings. The van der Waals surface area contributed by atoms with Gasteiger partial charge >= 0.3 is 57.4 Å². The Balaban J connectivity index is 0. The first kappa shape index (κ1) is 33.3. The molecule has 0 aliphatic rings. The fraction of sp³-hybridized carbons (Fsp3) is 0.926. The molecule has 0 aliphatic heterocycles. The van der Waals surface area contributed by atoms with Crippen LogP contribution in [-0.2, 0) is 9.53 Å². The van der Waals surface area contributed by atoms with E-state index in [-0.39, 0.29) is 63.5 Å². The van der Waals surface area contributed by atoms with Crippen LogP contribution < -0.4 is 0 Å². The van der Waals surface area contributed by atoms with Crippen LogP contribution in [0.25, 0.3) is 0 Å². The average Bonchev–Trinajstić information content (AvgIpc) is 2.68. The van der Waals surface area contributed by atoms with Crippen LogP contribution in [0.4, 0.5) is 0 Å². The molecule has 0 aromatic heterocycles. The van der Waals surface area contributed by atoms with Gasteiger partial charge in [0.15, 0.2) is 0 Å². The summed E-state index contributed by atoms with van der Waals surface area (Å²) in [6.45, 7) is 7.60. The van der Waals surface area contributed by atoms with Crippen LogP contribution in [0.1, 0.15) is 155 Å². The van der Waals surface area contributed by atoms with Crippen molar-refractivity contribution in [2.75, 3.05) is 0 Å². The molecule has 0 N–H and O–H groups in total. The van der Waals surface area contributed by atoms with Gasteiger partial charge in [-0.2, -0.15) is 0 Å². The molecule has 175 valence electrons. The molecule has 0 saturated carbocycles. The molecule has 1 unspecified atom stereocenters. The standard InChI is InChI=1S/C27H53O2.K.H/c1-4-5-6-7-8-9-10-11-12-13-14-15-16-17-18-19-20-21-22-23-24-25-26(2)29-27(3)28;;/h26H,2,4-25H2,1,3H3;;. The molecule has 0 rings (SSSR count). The molecular weight excluding hydrogens is 395 g/mol. The van der Waals surface area contributed by atoms with Gasteiger partial charge in [-0.1, -0.05) is 135 Å². The molecule has 0 amide bonds. The van der Waals surface area contributed by atoms with Gasteiger partial charge in [0.05, 0.1) is 0 Å². The Morgan fingerprint density at radius 3 is 1.13 bits per heavy atom. The minimum atomic E-state index is -0.214. The van der Waals surface area contributed by atoms with Gasteiger partial charge in [0.25, 0.3) is 0 Å². The van der Waals surface area contributed by atoms with E-state index in [0.717, 1.165) is 12.8 Å². The van der Waals surface area contributed by atoms with Crippen LogP contribution in [0.5, 0.6) is 0 Å². The van der Waals surface area contributed by atoms with Gasteiger partial charge < -0.3 is 4.74 Å². The van der Waals surface area contributed by atoms with Crippen molar-refractivity contribution in [1.29, 1.82) is 0 Å². The van der Waals surface area contributed by atoms with E-state index in [1.54, 1.807) is 0 Å². The maximum absolute atomic E-state index is 10.8. The molecule has 2 nitrogen and oxygen atoms in total. The van der Waals surface area contributed by atoms with Crippen molar-refractivity contribution in [2.24, 2.45) is 0 Å². The SMILES string of the molecule is [CH2]C(CCCCCCCCCCCCCCCCCCCCCCC)OC(C)=O.[KH]. The Hall–Kier alpha value is 1.11. The summed E-state index contributed by atoms with van der Waals surface area (Å²) in [5.74, 6) is -0.214. The molecule has 0 aromatic rings. The van der Waals surface area contributed by atoms with E-state index >= 15 is 0 Å². The van der Waals surface area contributed by atoms with Crippen molar-refractivity contribution in [3.63, 3.8) is 0 Å². The predicted molar refractivity (Wildman–Crippen MR) is 135 cm³/mol. The normalized spacial score (nSPS) is 11.8. The third-order valence-corrected chi connectivity index (χ3v) is 5.96. The Bertz CT molecular complexity index is 333. The third kappa shape index (κ3) is 29.1. The van der Waals surface area contributed by atoms with Crippen molar-refractivity contribution in [3.05, 3.63) is 6.92 Å². The molecule has 1 radical (unpaired) electrons. The van der Waals surface area contributed by atoms with E-state index in [4.69, 9.17) is 4.74 Å². The van der Waals surface area contributed by atoms with E-state index in [9.17, 15) is 4.79 Å². The Kier molecular flexibility index (Phi) is 31.2. The number of carbonyl (C=O) groups excluding carboxylic acids is 1. The summed E-state index contributed by atoms with van der Waals surface area (Å²) in [6.07, 6.45) is 30.3. The number of unbranched alkanes of at least 4 members (excludes halogenated alkanes) is 20. The first-order valence-electron chi connectivity index (χ1n) is 13.2. The summed E-state index contributed by atoms with van der Waals surface area (Å²) < 4.78 is 5.04. The fourth-order valence-electron chi connectivity index (χ4n) is 4.10. The molecule has 0 heterocycles. The molecule has 0 aliphatic carbocycles. The molecule has 3 heteroatoms. The number of esters is 1. The van der Waals surface area contributed by atoms with Crippen LogP contribution in [-0.4, -0.2) is 63.5 Å². The summed E-state index contributed by atoms with van der Waals surface area (Å²) in [4.78, 5) is 10.8. The zero-order chi connectivity index (χ0) is 21.4. The van der Waals surface area contributed by atoms with Crippen LogP contribution in [0, 0.1) is 6.92 Å². The van der Waals surface area contributed by atoms with Crippen molar-refractivity contribution in [2.45, 2.75) is 161 Å². The van der Waals surface area contributed by atoms with Crippen LogP contribution in [0.15, 0.2) is 0 Å². The number of hydrogen-bond donors (Lipinski definition) is 0. The molecule has 0 saturated heterocycles. The van der Waals surface area contributed by atoms with Gasteiger partial charge in [-0.3, -0.25) is 4.79 Å². The van der Waals surface area contributed by atoms with E-state index in [2.05, 4.69) is 13.8 Å². The van der Waals surface area contributed by atoms with Crippen molar-refractivity contribution < 1.29 is 9.53 Å². The first-order valence-corrected chi connectivity index (χ1v) is 13.2. The van der Waals surface area contributed by atoms with Gasteiger partial charge in [0, 0.05) is 6.92 Å². The quantitative estimate of drug-likeness (QED) is 0.0885. The summed E-state index contributed by atoms with van der Waals surface area (Å²) in [5.41, 5.74) is 0. The van der Waals surface area contributed by atoms with Crippen LogP contribution in [0.3, 0.4) is 0 Å².